The van der Waals surface area contributed by atoms with Crippen molar-refractivity contribution in [2.24, 2.45) is 0 Å². The van der Waals surface area contributed by atoms with E-state index < -0.39 is 17.6 Å². The van der Waals surface area contributed by atoms with Gasteiger partial charge in [0, 0.05) is 19.2 Å². The van der Waals surface area contributed by atoms with E-state index in [9.17, 15) is 13.6 Å². The summed E-state index contributed by atoms with van der Waals surface area (Å²) in [7, 11) is 0. The summed E-state index contributed by atoms with van der Waals surface area (Å²) in [4.78, 5) is 10.6. The van der Waals surface area contributed by atoms with Crippen LogP contribution < -0.4 is 10.1 Å². The van der Waals surface area contributed by atoms with Crippen LogP contribution in [0, 0.1) is 25.5 Å². The first-order chi connectivity index (χ1) is 16.8. The zero-order valence-electron chi connectivity index (χ0n) is 20.1. The second kappa shape index (κ2) is 12.8. The van der Waals surface area contributed by atoms with E-state index in [0.29, 0.717) is 38.1 Å². The van der Waals surface area contributed by atoms with E-state index in [1.165, 1.54) is 17.7 Å². The van der Waals surface area contributed by atoms with Gasteiger partial charge in [0.15, 0.2) is 0 Å². The van der Waals surface area contributed by atoms with Crippen molar-refractivity contribution in [2.75, 3.05) is 13.2 Å². The summed E-state index contributed by atoms with van der Waals surface area (Å²) in [5, 5.41) is 11.8. The highest BCUT2D eigenvalue weighted by Gasteiger charge is 2.08. The minimum Gasteiger partial charge on any atom is -0.494 e. The molecule has 3 aromatic carbocycles. The minimum atomic E-state index is -0.823. The van der Waals surface area contributed by atoms with Gasteiger partial charge >= 0.3 is 5.97 Å². The smallest absolute Gasteiger partial charge is 0.304 e. The zero-order valence-corrected chi connectivity index (χ0v) is 20.1. The lowest BCUT2D eigenvalue weighted by molar-refractivity contribution is -0.136. The number of rotatable bonds is 12. The van der Waals surface area contributed by atoms with Gasteiger partial charge < -0.3 is 15.2 Å². The minimum absolute atomic E-state index is 0.0867. The van der Waals surface area contributed by atoms with E-state index in [1.54, 1.807) is 0 Å². The first kappa shape index (κ1) is 26.1. The van der Waals surface area contributed by atoms with Gasteiger partial charge in [-0.3, -0.25) is 4.79 Å². The third kappa shape index (κ3) is 8.65. The molecule has 184 valence electrons. The average molecular weight is 480 g/mol. The van der Waals surface area contributed by atoms with Gasteiger partial charge in [0.2, 0.25) is 0 Å². The second-order valence-electron chi connectivity index (χ2n) is 8.59. The zero-order chi connectivity index (χ0) is 25.2. The Labute approximate surface area is 205 Å². The molecule has 0 bridgehead atoms. The summed E-state index contributed by atoms with van der Waals surface area (Å²) < 4.78 is 33.7. The number of carboxylic acids is 1. The van der Waals surface area contributed by atoms with Gasteiger partial charge in [-0.05, 0) is 84.3 Å². The molecule has 0 radical (unpaired) electrons. The number of hydrogen-bond acceptors (Lipinski definition) is 3. The van der Waals surface area contributed by atoms with Gasteiger partial charge in [-0.1, -0.05) is 36.4 Å². The predicted octanol–water partition coefficient (Wildman–Crippen LogP) is 6.55. The lowest BCUT2D eigenvalue weighted by Crippen LogP contribution is -2.17. The molecule has 0 aliphatic rings. The number of nitrogens with one attached hydrogen (secondary N) is 1. The molecule has 0 aliphatic carbocycles. The van der Waals surface area contributed by atoms with Crippen molar-refractivity contribution in [2.45, 2.75) is 39.7 Å². The Bertz CT molecular complexity index is 1150. The monoisotopic (exact) mass is 479 g/mol. The standard InChI is InChI=1S/C29H31F2NO3/c1-20-5-6-23(14-21(20)2)15-24(25-16-26(30)18-27(31)17-25)4-3-13-35-28-9-7-22(8-10-28)19-32-12-11-29(33)34/h5-10,14-18,32H,3-4,11-13,19H2,1-2H3,(H,33,34)/b24-15-. The van der Waals surface area contributed by atoms with Crippen LogP contribution in [0.1, 0.15) is 47.1 Å². The lowest BCUT2D eigenvalue weighted by Gasteiger charge is -2.12. The van der Waals surface area contributed by atoms with Crippen molar-refractivity contribution in [1.29, 1.82) is 0 Å². The van der Waals surface area contributed by atoms with E-state index in [-0.39, 0.29) is 6.42 Å². The summed E-state index contributed by atoms with van der Waals surface area (Å²) in [5.74, 6) is -1.29. The molecule has 35 heavy (non-hydrogen) atoms. The van der Waals surface area contributed by atoms with Crippen LogP contribution in [-0.2, 0) is 11.3 Å². The van der Waals surface area contributed by atoms with Gasteiger partial charge in [-0.15, -0.1) is 0 Å². The van der Waals surface area contributed by atoms with Crippen molar-refractivity contribution in [3.63, 3.8) is 0 Å². The molecule has 0 aromatic heterocycles. The fourth-order valence-corrected chi connectivity index (χ4v) is 3.68. The van der Waals surface area contributed by atoms with E-state index in [0.717, 1.165) is 34.1 Å². The van der Waals surface area contributed by atoms with Gasteiger partial charge in [-0.25, -0.2) is 8.78 Å². The normalized spacial score (nSPS) is 11.5. The molecule has 3 aromatic rings. The summed E-state index contributed by atoms with van der Waals surface area (Å²) >= 11 is 0. The van der Waals surface area contributed by atoms with Crippen LogP contribution in [0.4, 0.5) is 8.78 Å². The Hall–Kier alpha value is -3.51. The molecular weight excluding hydrogens is 448 g/mol. The molecule has 6 heteroatoms. The SMILES string of the molecule is Cc1ccc(/C=C(/CCCOc2ccc(CNCCC(=O)O)cc2)c2cc(F)cc(F)c2)cc1C. The number of aryl methyl sites for hydroxylation is 2. The molecule has 0 atom stereocenters. The molecule has 0 saturated carbocycles. The van der Waals surface area contributed by atoms with E-state index in [4.69, 9.17) is 9.84 Å². The predicted molar refractivity (Wildman–Crippen MR) is 135 cm³/mol. The van der Waals surface area contributed by atoms with Gasteiger partial charge in [0.25, 0.3) is 0 Å². The van der Waals surface area contributed by atoms with Gasteiger partial charge in [-0.2, -0.15) is 0 Å². The quantitative estimate of drug-likeness (QED) is 0.229. The van der Waals surface area contributed by atoms with Crippen molar-refractivity contribution in [1.82, 2.24) is 5.32 Å². The van der Waals surface area contributed by atoms with Crippen molar-refractivity contribution in [3.05, 3.63) is 100 Å². The Morgan fingerprint density at radius 3 is 2.31 bits per heavy atom. The van der Waals surface area contributed by atoms with E-state index in [2.05, 4.69) is 11.4 Å². The number of benzene rings is 3. The fraction of sp³-hybridized carbons (Fsp3) is 0.276. The molecule has 0 spiro atoms. The number of aliphatic carboxylic acids is 1. The third-order valence-electron chi connectivity index (χ3n) is 5.73. The maximum atomic E-state index is 13.9. The van der Waals surface area contributed by atoms with Gasteiger partial charge in [0.05, 0.1) is 13.0 Å². The highest BCUT2D eigenvalue weighted by Crippen LogP contribution is 2.26. The molecule has 0 unspecified atom stereocenters. The number of ether oxygens (including phenoxy) is 1. The number of allylic oxidation sites excluding steroid dienone is 1. The molecule has 0 aliphatic heterocycles. The molecule has 3 rings (SSSR count). The van der Waals surface area contributed by atoms with Crippen molar-refractivity contribution in [3.8, 4) is 5.75 Å². The van der Waals surface area contributed by atoms with E-state index >= 15 is 0 Å². The number of carbonyl (C=O) groups is 1. The lowest BCUT2D eigenvalue weighted by atomic mass is 9.97. The fourth-order valence-electron chi connectivity index (χ4n) is 3.68. The Morgan fingerprint density at radius 1 is 0.943 bits per heavy atom. The molecule has 0 fully saturated rings. The molecule has 4 nitrogen and oxygen atoms in total. The van der Waals surface area contributed by atoms with Crippen LogP contribution in [0.15, 0.2) is 60.7 Å². The Balaban J connectivity index is 1.60. The Morgan fingerprint density at radius 2 is 1.66 bits per heavy atom. The molecule has 0 amide bonds. The van der Waals surface area contributed by atoms with Crippen LogP contribution >= 0.6 is 0 Å². The summed E-state index contributed by atoms with van der Waals surface area (Å²) in [5.41, 5.74) is 5.75. The van der Waals surface area contributed by atoms with Gasteiger partial charge in [0.1, 0.15) is 17.4 Å². The van der Waals surface area contributed by atoms with Crippen LogP contribution in [-0.4, -0.2) is 24.2 Å². The summed E-state index contributed by atoms with van der Waals surface area (Å²) in [6.45, 7) is 5.55. The number of carboxylic acid groups (broad SMARTS) is 1. The molecular formula is C29H31F2NO3. The highest BCUT2D eigenvalue weighted by atomic mass is 19.1. The first-order valence-electron chi connectivity index (χ1n) is 11.7. The summed E-state index contributed by atoms with van der Waals surface area (Å²) in [6.07, 6.45) is 3.34. The molecule has 0 saturated heterocycles. The van der Waals surface area contributed by atoms with Crippen molar-refractivity contribution >= 4 is 17.6 Å². The summed E-state index contributed by atoms with van der Waals surface area (Å²) in [6, 6.07) is 17.3. The number of halogens is 2. The van der Waals surface area contributed by atoms with Crippen molar-refractivity contribution < 1.29 is 23.4 Å². The first-order valence-corrected chi connectivity index (χ1v) is 11.7. The molecule has 0 heterocycles. The van der Waals surface area contributed by atoms with Crippen LogP contribution in [0.25, 0.3) is 11.6 Å². The maximum absolute atomic E-state index is 13.9. The number of hydrogen-bond donors (Lipinski definition) is 2. The second-order valence-corrected chi connectivity index (χ2v) is 8.59. The van der Waals surface area contributed by atoms with E-state index in [1.807, 2.05) is 56.3 Å². The van der Waals surface area contributed by atoms with Crippen LogP contribution in [0.3, 0.4) is 0 Å². The third-order valence-corrected chi connectivity index (χ3v) is 5.73. The largest absolute Gasteiger partial charge is 0.494 e. The molecule has 2 N–H and O–H groups in total. The van der Waals surface area contributed by atoms with Crippen LogP contribution in [0.2, 0.25) is 0 Å². The topological polar surface area (TPSA) is 58.6 Å². The Kier molecular flexibility index (Phi) is 9.56. The highest BCUT2D eigenvalue weighted by molar-refractivity contribution is 5.81. The maximum Gasteiger partial charge on any atom is 0.304 e. The average Bonchev–Trinajstić information content (AvgIpc) is 2.81. The van der Waals surface area contributed by atoms with Crippen LogP contribution in [0.5, 0.6) is 5.75 Å².